The second-order valence-corrected chi connectivity index (χ2v) is 7.67. The Kier molecular flexibility index (Phi) is 3.94. The fraction of sp³-hybridized carbons (Fsp3) is 0.647. The number of nitrogens with zero attached hydrogens (tertiary/aromatic N) is 1. The highest BCUT2D eigenvalue weighted by molar-refractivity contribution is 7.99. The molecule has 4 rings (SSSR count). The van der Waals surface area contributed by atoms with E-state index in [0.717, 1.165) is 12.2 Å². The van der Waals surface area contributed by atoms with E-state index in [1.54, 1.807) is 12.1 Å². The number of rotatable bonds is 2. The summed E-state index contributed by atoms with van der Waals surface area (Å²) in [6.45, 7) is 2.51. The minimum Gasteiger partial charge on any atom is -0.305 e. The average molecular weight is 306 g/mol. The van der Waals surface area contributed by atoms with Crippen LogP contribution in [0.1, 0.15) is 43.7 Å². The quantitative estimate of drug-likeness (QED) is 0.899. The van der Waals surface area contributed by atoms with Gasteiger partial charge >= 0.3 is 0 Å². The Balaban J connectivity index is 1.52. The maximum atomic E-state index is 13.6. The number of piperidine rings is 1. The summed E-state index contributed by atoms with van der Waals surface area (Å²) in [6, 6.07) is 6.92. The van der Waals surface area contributed by atoms with E-state index < -0.39 is 0 Å². The summed E-state index contributed by atoms with van der Waals surface area (Å²) < 4.78 is 13.6. The van der Waals surface area contributed by atoms with E-state index in [0.29, 0.717) is 18.1 Å². The first-order valence-electron chi connectivity index (χ1n) is 8.23. The Labute approximate surface area is 130 Å². The van der Waals surface area contributed by atoms with Crippen LogP contribution < -0.4 is 5.32 Å². The van der Waals surface area contributed by atoms with Gasteiger partial charge in [-0.1, -0.05) is 6.42 Å². The third-order valence-corrected chi connectivity index (χ3v) is 6.41. The number of hydrogen-bond acceptors (Lipinski definition) is 3. The zero-order chi connectivity index (χ0) is 14.2. The van der Waals surface area contributed by atoms with Crippen molar-refractivity contribution in [3.8, 4) is 0 Å². The van der Waals surface area contributed by atoms with Crippen molar-refractivity contribution in [3.05, 3.63) is 29.6 Å². The fourth-order valence-corrected chi connectivity index (χ4v) is 5.34. The van der Waals surface area contributed by atoms with Crippen LogP contribution in [-0.2, 0) is 0 Å². The molecule has 2 saturated heterocycles. The van der Waals surface area contributed by atoms with Crippen LogP contribution in [0.2, 0.25) is 0 Å². The van der Waals surface area contributed by atoms with E-state index in [4.69, 9.17) is 0 Å². The van der Waals surface area contributed by atoms with Crippen molar-refractivity contribution in [2.75, 3.05) is 18.8 Å². The van der Waals surface area contributed by atoms with Crippen LogP contribution in [0.15, 0.2) is 23.1 Å². The van der Waals surface area contributed by atoms with Crippen molar-refractivity contribution in [1.82, 2.24) is 10.2 Å². The monoisotopic (exact) mass is 306 g/mol. The molecule has 3 atom stereocenters. The van der Waals surface area contributed by atoms with Gasteiger partial charge in [-0.2, -0.15) is 0 Å². The third-order valence-electron chi connectivity index (χ3n) is 5.28. The van der Waals surface area contributed by atoms with Crippen LogP contribution in [-0.4, -0.2) is 35.8 Å². The van der Waals surface area contributed by atoms with Crippen molar-refractivity contribution >= 4 is 11.8 Å². The molecule has 21 heavy (non-hydrogen) atoms. The number of nitrogens with one attached hydrogen (secondary N) is 1. The van der Waals surface area contributed by atoms with Crippen LogP contribution in [0.4, 0.5) is 4.39 Å². The second kappa shape index (κ2) is 5.90. The molecule has 0 bridgehead atoms. The van der Waals surface area contributed by atoms with Crippen molar-refractivity contribution < 1.29 is 4.39 Å². The zero-order valence-corrected chi connectivity index (χ0v) is 13.2. The molecule has 114 valence electrons. The van der Waals surface area contributed by atoms with Crippen molar-refractivity contribution in [1.29, 1.82) is 0 Å². The lowest BCUT2D eigenvalue weighted by Gasteiger charge is -2.35. The van der Waals surface area contributed by atoms with Crippen LogP contribution in [0.25, 0.3) is 0 Å². The van der Waals surface area contributed by atoms with Gasteiger partial charge < -0.3 is 5.32 Å². The topological polar surface area (TPSA) is 15.3 Å². The smallest absolute Gasteiger partial charge is 0.123 e. The summed E-state index contributed by atoms with van der Waals surface area (Å²) in [5.74, 6) is 1.03. The van der Waals surface area contributed by atoms with Gasteiger partial charge in [0.2, 0.25) is 0 Å². The molecule has 3 aliphatic rings. The average Bonchev–Trinajstić information content (AvgIpc) is 2.91. The predicted molar refractivity (Wildman–Crippen MR) is 85.2 cm³/mol. The van der Waals surface area contributed by atoms with Crippen LogP contribution >= 0.6 is 11.8 Å². The lowest BCUT2D eigenvalue weighted by atomic mass is 9.96. The standard InChI is InChI=1S/C17H23FN2S/c18-12-4-5-17-13(11-12)14(7-10-21-17)19-15-6-9-20-8-2-1-3-16(15)20/h4-5,11,14-16,19H,1-3,6-10H2. The van der Waals surface area contributed by atoms with Gasteiger partial charge in [-0.05, 0) is 61.7 Å². The molecule has 4 heteroatoms. The van der Waals surface area contributed by atoms with E-state index in [2.05, 4.69) is 10.2 Å². The molecule has 3 unspecified atom stereocenters. The maximum Gasteiger partial charge on any atom is 0.123 e. The molecule has 1 aromatic carbocycles. The minimum atomic E-state index is -0.103. The summed E-state index contributed by atoms with van der Waals surface area (Å²) >= 11 is 1.86. The van der Waals surface area contributed by atoms with Crippen LogP contribution in [0, 0.1) is 5.82 Å². The molecule has 1 N–H and O–H groups in total. The van der Waals surface area contributed by atoms with Gasteiger partial charge in [-0.15, -0.1) is 11.8 Å². The molecule has 0 aliphatic carbocycles. The van der Waals surface area contributed by atoms with Crippen molar-refractivity contribution in [2.24, 2.45) is 0 Å². The highest BCUT2D eigenvalue weighted by Crippen LogP contribution is 2.38. The lowest BCUT2D eigenvalue weighted by Crippen LogP contribution is -2.46. The SMILES string of the molecule is Fc1ccc2c(c1)C(NC1CCN3CCCCC13)CCS2. The van der Waals surface area contributed by atoms with Crippen LogP contribution in [0.5, 0.6) is 0 Å². The van der Waals surface area contributed by atoms with Gasteiger partial charge in [0, 0.05) is 29.6 Å². The van der Waals surface area contributed by atoms with Crippen LogP contribution in [0.3, 0.4) is 0 Å². The molecule has 3 aliphatic heterocycles. The highest BCUT2D eigenvalue weighted by atomic mass is 32.2. The molecular formula is C17H23FN2S. The molecule has 0 saturated carbocycles. The molecule has 2 nitrogen and oxygen atoms in total. The molecule has 0 aromatic heterocycles. The van der Waals surface area contributed by atoms with E-state index in [9.17, 15) is 4.39 Å². The number of fused-ring (bicyclic) bond motifs is 2. The van der Waals surface area contributed by atoms with Crippen molar-refractivity contribution in [3.63, 3.8) is 0 Å². The summed E-state index contributed by atoms with van der Waals surface area (Å²) in [6.07, 6.45) is 6.42. The number of halogens is 1. The Morgan fingerprint density at radius 1 is 1.14 bits per heavy atom. The minimum absolute atomic E-state index is 0.103. The number of benzene rings is 1. The molecule has 0 spiro atoms. The Morgan fingerprint density at radius 3 is 3.05 bits per heavy atom. The third kappa shape index (κ3) is 2.73. The normalized spacial score (nSPS) is 32.7. The summed E-state index contributed by atoms with van der Waals surface area (Å²) in [5, 5.41) is 3.88. The van der Waals surface area contributed by atoms with E-state index in [1.165, 1.54) is 49.2 Å². The lowest BCUT2D eigenvalue weighted by molar-refractivity contribution is 0.176. The summed E-state index contributed by atoms with van der Waals surface area (Å²) in [7, 11) is 0. The number of thioether (sulfide) groups is 1. The van der Waals surface area contributed by atoms with E-state index in [1.807, 2.05) is 17.8 Å². The Hall–Kier alpha value is -0.580. The first kappa shape index (κ1) is 14.0. The zero-order valence-electron chi connectivity index (χ0n) is 12.4. The summed E-state index contributed by atoms with van der Waals surface area (Å²) in [5.41, 5.74) is 1.18. The fourth-order valence-electron chi connectivity index (χ4n) is 4.24. The predicted octanol–water partition coefficient (Wildman–Crippen LogP) is 3.58. The molecule has 3 heterocycles. The second-order valence-electron chi connectivity index (χ2n) is 6.53. The first-order chi connectivity index (χ1) is 10.3. The molecule has 0 amide bonds. The molecule has 0 radical (unpaired) electrons. The molecule has 2 fully saturated rings. The number of hydrogen-bond donors (Lipinski definition) is 1. The van der Waals surface area contributed by atoms with Gasteiger partial charge in [-0.25, -0.2) is 4.39 Å². The van der Waals surface area contributed by atoms with E-state index >= 15 is 0 Å². The maximum absolute atomic E-state index is 13.6. The van der Waals surface area contributed by atoms with Gasteiger partial charge in [0.15, 0.2) is 0 Å². The van der Waals surface area contributed by atoms with Gasteiger partial charge in [-0.3, -0.25) is 4.90 Å². The van der Waals surface area contributed by atoms with Crippen molar-refractivity contribution in [2.45, 2.75) is 55.1 Å². The first-order valence-corrected chi connectivity index (χ1v) is 9.22. The Morgan fingerprint density at radius 2 is 2.10 bits per heavy atom. The van der Waals surface area contributed by atoms with Gasteiger partial charge in [0.05, 0.1) is 0 Å². The Bertz CT molecular complexity index is 522. The van der Waals surface area contributed by atoms with Gasteiger partial charge in [0.25, 0.3) is 0 Å². The summed E-state index contributed by atoms with van der Waals surface area (Å²) in [4.78, 5) is 3.92. The molecular weight excluding hydrogens is 283 g/mol. The molecule has 1 aromatic rings. The van der Waals surface area contributed by atoms with Gasteiger partial charge in [0.1, 0.15) is 5.82 Å². The largest absolute Gasteiger partial charge is 0.305 e. The van der Waals surface area contributed by atoms with E-state index in [-0.39, 0.29) is 5.82 Å². The highest BCUT2D eigenvalue weighted by Gasteiger charge is 2.37.